The summed E-state index contributed by atoms with van der Waals surface area (Å²) in [5, 5.41) is 20.5. The Morgan fingerprint density at radius 2 is 2.05 bits per heavy atom. The summed E-state index contributed by atoms with van der Waals surface area (Å²) in [6.45, 7) is 4.23. The summed E-state index contributed by atoms with van der Waals surface area (Å²) in [7, 11) is 0. The quantitative estimate of drug-likeness (QED) is 0.673. The first-order chi connectivity index (χ1) is 10.9. The fourth-order valence-electron chi connectivity index (χ4n) is 2.18. The van der Waals surface area contributed by atoms with Gasteiger partial charge in [0.1, 0.15) is 0 Å². The summed E-state index contributed by atoms with van der Waals surface area (Å²) in [6.07, 6.45) is 2.67. The molecule has 7 heteroatoms. The number of rotatable bonds is 7. The Balaban J connectivity index is 1.80. The minimum Gasteiger partial charge on any atom is -0.382 e. The average Bonchev–Trinajstić information content (AvgIpc) is 3.00. The molecule has 3 aromatic rings. The van der Waals surface area contributed by atoms with Crippen LogP contribution in [0.4, 0.5) is 5.82 Å². The van der Waals surface area contributed by atoms with Crippen LogP contribution in [0.3, 0.4) is 0 Å². The Hall–Kier alpha value is -2.54. The summed E-state index contributed by atoms with van der Waals surface area (Å²) in [5.41, 5.74) is 1.63. The number of nitrogens with one attached hydrogen (secondary N) is 1. The number of fused-ring (bicyclic) bond motifs is 1. The number of para-hydroxylation sites is 1. The van der Waals surface area contributed by atoms with Crippen molar-refractivity contribution in [2.45, 2.75) is 13.3 Å². The zero-order chi connectivity index (χ0) is 15.2. The molecule has 2 aromatic heterocycles. The van der Waals surface area contributed by atoms with Crippen molar-refractivity contribution in [2.75, 3.05) is 25.1 Å². The summed E-state index contributed by atoms with van der Waals surface area (Å²) in [6, 6.07) is 9.84. The van der Waals surface area contributed by atoms with Crippen molar-refractivity contribution < 1.29 is 4.74 Å². The number of hydrogen-bond acceptors (Lipinski definition) is 6. The van der Waals surface area contributed by atoms with Crippen LogP contribution in [0.25, 0.3) is 16.7 Å². The van der Waals surface area contributed by atoms with Gasteiger partial charge in [-0.05, 0) is 30.7 Å². The Kier molecular flexibility index (Phi) is 4.55. The second kappa shape index (κ2) is 6.95. The maximum absolute atomic E-state index is 5.32. The van der Waals surface area contributed by atoms with E-state index in [1.54, 1.807) is 10.9 Å². The highest BCUT2D eigenvalue weighted by molar-refractivity contribution is 5.86. The smallest absolute Gasteiger partial charge is 0.190 e. The predicted molar refractivity (Wildman–Crippen MR) is 84.1 cm³/mol. The van der Waals surface area contributed by atoms with Gasteiger partial charge in [0, 0.05) is 19.8 Å². The van der Waals surface area contributed by atoms with Crippen molar-refractivity contribution in [3.63, 3.8) is 0 Å². The van der Waals surface area contributed by atoms with E-state index in [0.717, 1.165) is 37.3 Å². The van der Waals surface area contributed by atoms with Crippen molar-refractivity contribution in [1.82, 2.24) is 25.2 Å². The molecule has 0 saturated carbocycles. The van der Waals surface area contributed by atoms with Crippen molar-refractivity contribution in [1.29, 1.82) is 0 Å². The molecular formula is C15H18N6O. The highest BCUT2D eigenvalue weighted by atomic mass is 16.5. The maximum atomic E-state index is 5.32. The van der Waals surface area contributed by atoms with E-state index in [1.165, 1.54) is 0 Å². The molecule has 0 bridgehead atoms. The van der Waals surface area contributed by atoms with Gasteiger partial charge in [0.2, 0.25) is 0 Å². The number of aromatic nitrogens is 5. The van der Waals surface area contributed by atoms with Crippen LogP contribution in [0.2, 0.25) is 0 Å². The third-order valence-electron chi connectivity index (χ3n) is 3.25. The molecule has 0 unspecified atom stereocenters. The van der Waals surface area contributed by atoms with E-state index in [0.29, 0.717) is 11.5 Å². The van der Waals surface area contributed by atoms with Crippen LogP contribution >= 0.6 is 0 Å². The normalized spacial score (nSPS) is 11.0. The van der Waals surface area contributed by atoms with Gasteiger partial charge in [-0.1, -0.05) is 18.2 Å². The van der Waals surface area contributed by atoms with E-state index in [9.17, 15) is 0 Å². The van der Waals surface area contributed by atoms with Gasteiger partial charge in [-0.25, -0.2) is 4.68 Å². The molecule has 0 aliphatic carbocycles. The molecule has 0 fully saturated rings. The van der Waals surface area contributed by atoms with Crippen LogP contribution in [-0.4, -0.2) is 44.9 Å². The lowest BCUT2D eigenvalue weighted by molar-refractivity contribution is 0.147. The average molecular weight is 298 g/mol. The number of hydrogen-bond donors (Lipinski definition) is 1. The standard InChI is InChI=1S/C15H18N6O/c1-2-22-10-6-9-16-14-13-11-17-21(15(13)19-20-18-14)12-7-4-3-5-8-12/h3-5,7-8,11H,2,6,9-10H2,1H3,(H,16,18,19). The first kappa shape index (κ1) is 14.4. The molecule has 0 spiro atoms. The van der Waals surface area contributed by atoms with Crippen molar-refractivity contribution in [3.05, 3.63) is 36.5 Å². The fourth-order valence-corrected chi connectivity index (χ4v) is 2.18. The third kappa shape index (κ3) is 3.04. The maximum Gasteiger partial charge on any atom is 0.190 e. The Morgan fingerprint density at radius 1 is 1.18 bits per heavy atom. The Bertz CT molecular complexity index is 727. The van der Waals surface area contributed by atoms with E-state index >= 15 is 0 Å². The van der Waals surface area contributed by atoms with Crippen LogP contribution in [0.5, 0.6) is 0 Å². The molecule has 22 heavy (non-hydrogen) atoms. The van der Waals surface area contributed by atoms with Crippen LogP contribution in [0.1, 0.15) is 13.3 Å². The highest BCUT2D eigenvalue weighted by Gasteiger charge is 2.11. The van der Waals surface area contributed by atoms with Gasteiger partial charge in [-0.2, -0.15) is 5.10 Å². The molecule has 2 heterocycles. The monoisotopic (exact) mass is 298 g/mol. The summed E-state index contributed by atoms with van der Waals surface area (Å²) < 4.78 is 7.08. The molecule has 7 nitrogen and oxygen atoms in total. The minimum atomic E-state index is 0.688. The van der Waals surface area contributed by atoms with Crippen LogP contribution in [0.15, 0.2) is 36.5 Å². The molecular weight excluding hydrogens is 280 g/mol. The number of anilines is 1. The van der Waals surface area contributed by atoms with Gasteiger partial charge in [0.05, 0.1) is 17.3 Å². The van der Waals surface area contributed by atoms with E-state index in [2.05, 4.69) is 25.8 Å². The van der Waals surface area contributed by atoms with Crippen molar-refractivity contribution in [3.8, 4) is 5.69 Å². The summed E-state index contributed by atoms with van der Waals surface area (Å²) in [4.78, 5) is 0. The van der Waals surface area contributed by atoms with Gasteiger partial charge in [-0.3, -0.25) is 0 Å². The number of nitrogens with zero attached hydrogens (tertiary/aromatic N) is 5. The SMILES string of the molecule is CCOCCCNc1nnnc2c1cnn2-c1ccccc1. The first-order valence-corrected chi connectivity index (χ1v) is 7.34. The lowest BCUT2D eigenvalue weighted by atomic mass is 10.3. The molecule has 1 N–H and O–H groups in total. The van der Waals surface area contributed by atoms with Crippen molar-refractivity contribution >= 4 is 16.9 Å². The molecule has 0 aliphatic rings. The van der Waals surface area contributed by atoms with Gasteiger partial charge in [-0.15, -0.1) is 10.2 Å². The van der Waals surface area contributed by atoms with Crippen LogP contribution < -0.4 is 5.32 Å². The lowest BCUT2D eigenvalue weighted by Crippen LogP contribution is -2.08. The van der Waals surface area contributed by atoms with E-state index in [-0.39, 0.29) is 0 Å². The molecule has 1 aromatic carbocycles. The molecule has 0 radical (unpaired) electrons. The second-order valence-electron chi connectivity index (χ2n) is 4.74. The van der Waals surface area contributed by atoms with Crippen LogP contribution in [-0.2, 0) is 4.74 Å². The Labute approximate surface area is 128 Å². The molecule has 0 saturated heterocycles. The second-order valence-corrected chi connectivity index (χ2v) is 4.74. The predicted octanol–water partition coefficient (Wildman–Crippen LogP) is 2.05. The largest absolute Gasteiger partial charge is 0.382 e. The van der Waals surface area contributed by atoms with Gasteiger partial charge < -0.3 is 10.1 Å². The summed E-state index contributed by atoms with van der Waals surface area (Å²) in [5.74, 6) is 0.698. The minimum absolute atomic E-state index is 0.688. The third-order valence-corrected chi connectivity index (χ3v) is 3.25. The molecule has 3 rings (SSSR count). The summed E-state index contributed by atoms with van der Waals surface area (Å²) >= 11 is 0. The zero-order valence-electron chi connectivity index (χ0n) is 12.4. The lowest BCUT2D eigenvalue weighted by Gasteiger charge is -2.06. The topological polar surface area (TPSA) is 77.8 Å². The molecule has 0 amide bonds. The molecule has 114 valence electrons. The van der Waals surface area contributed by atoms with E-state index in [4.69, 9.17) is 4.74 Å². The van der Waals surface area contributed by atoms with E-state index in [1.807, 2.05) is 37.3 Å². The first-order valence-electron chi connectivity index (χ1n) is 7.34. The van der Waals surface area contributed by atoms with Gasteiger partial charge in [0.15, 0.2) is 11.5 Å². The highest BCUT2D eigenvalue weighted by Crippen LogP contribution is 2.20. The number of benzene rings is 1. The van der Waals surface area contributed by atoms with Gasteiger partial charge >= 0.3 is 0 Å². The number of ether oxygens (including phenoxy) is 1. The molecule has 0 atom stereocenters. The Morgan fingerprint density at radius 3 is 2.86 bits per heavy atom. The fraction of sp³-hybridized carbons (Fsp3) is 0.333. The molecule has 0 aliphatic heterocycles. The van der Waals surface area contributed by atoms with Gasteiger partial charge in [0.25, 0.3) is 0 Å². The van der Waals surface area contributed by atoms with Crippen LogP contribution in [0, 0.1) is 0 Å². The zero-order valence-corrected chi connectivity index (χ0v) is 12.4. The van der Waals surface area contributed by atoms with E-state index < -0.39 is 0 Å². The van der Waals surface area contributed by atoms with Crippen molar-refractivity contribution in [2.24, 2.45) is 0 Å².